The van der Waals surface area contributed by atoms with Gasteiger partial charge < -0.3 is 20.4 Å². The summed E-state index contributed by atoms with van der Waals surface area (Å²) in [5.74, 6) is -2.62. The van der Waals surface area contributed by atoms with E-state index in [9.17, 15) is 9.59 Å². The number of carbonyl (C=O) groups is 2. The molecule has 0 aromatic heterocycles. The summed E-state index contributed by atoms with van der Waals surface area (Å²) in [5.41, 5.74) is 0. The van der Waals surface area contributed by atoms with Crippen molar-refractivity contribution < 1.29 is 30.0 Å². The number of aliphatic carboxylic acids is 2. The number of carboxylic acid groups (broad SMARTS) is 2. The van der Waals surface area contributed by atoms with Gasteiger partial charge in [-0.05, 0) is 13.8 Å². The molecular formula is C7H15NO6. The Morgan fingerprint density at radius 3 is 1.36 bits per heavy atom. The summed E-state index contributed by atoms with van der Waals surface area (Å²) in [6.45, 7) is 3.10. The van der Waals surface area contributed by atoms with Crippen LogP contribution in [0.15, 0.2) is 0 Å². The van der Waals surface area contributed by atoms with E-state index < -0.39 is 30.8 Å². The van der Waals surface area contributed by atoms with Crippen molar-refractivity contribution in [2.45, 2.75) is 32.7 Å². The number of hydrogen-bond donors (Lipinski definition) is 5. The summed E-state index contributed by atoms with van der Waals surface area (Å²) in [6, 6.07) is 0. The van der Waals surface area contributed by atoms with E-state index in [1.165, 1.54) is 0 Å². The molecule has 0 aliphatic carbocycles. The fourth-order valence-electron chi connectivity index (χ4n) is 0.478. The topological polar surface area (TPSA) is 127 Å². The first-order valence-electron chi connectivity index (χ1n) is 3.81. The van der Waals surface area contributed by atoms with Crippen molar-refractivity contribution in [3.05, 3.63) is 0 Å². The number of nitrogens with one attached hydrogen (secondary N) is 1. The molecule has 7 nitrogen and oxygen atoms in total. The van der Waals surface area contributed by atoms with E-state index in [0.29, 0.717) is 0 Å². The van der Waals surface area contributed by atoms with Gasteiger partial charge in [0.1, 0.15) is 18.9 Å². The number of rotatable bonds is 4. The van der Waals surface area contributed by atoms with Crippen molar-refractivity contribution in [2.75, 3.05) is 0 Å². The van der Waals surface area contributed by atoms with E-state index in [1.54, 1.807) is 13.8 Å². The van der Waals surface area contributed by atoms with Crippen molar-refractivity contribution in [1.29, 1.82) is 0 Å². The maximum Gasteiger partial charge on any atom is 0.314 e. The van der Waals surface area contributed by atoms with Crippen molar-refractivity contribution in [2.24, 2.45) is 0 Å². The lowest BCUT2D eigenvalue weighted by atomic mass is 10.5. The summed E-state index contributed by atoms with van der Waals surface area (Å²) >= 11 is 0. The molecule has 0 rings (SSSR count). The van der Waals surface area contributed by atoms with Crippen LogP contribution in [0.2, 0.25) is 0 Å². The van der Waals surface area contributed by atoms with Crippen LogP contribution in [0.3, 0.4) is 0 Å². The van der Waals surface area contributed by atoms with Crippen LogP contribution >= 0.6 is 0 Å². The molecule has 2 unspecified atom stereocenters. The third-order valence-corrected chi connectivity index (χ3v) is 0.785. The van der Waals surface area contributed by atoms with Crippen molar-refractivity contribution >= 4 is 11.9 Å². The average molecular weight is 209 g/mol. The van der Waals surface area contributed by atoms with Crippen LogP contribution in [0.1, 0.15) is 20.3 Å². The number of aliphatic hydroxyl groups is 2. The predicted octanol–water partition coefficient (Wildman–Crippen LogP) is -1.20. The molecule has 0 aliphatic rings. The molecule has 0 aromatic rings. The first kappa shape index (κ1) is 15.3. The first-order valence-corrected chi connectivity index (χ1v) is 3.81. The van der Waals surface area contributed by atoms with Gasteiger partial charge in [-0.25, -0.2) is 0 Å². The van der Waals surface area contributed by atoms with Crippen LogP contribution in [0.4, 0.5) is 0 Å². The lowest BCUT2D eigenvalue weighted by Crippen LogP contribution is -2.33. The zero-order valence-corrected chi connectivity index (χ0v) is 7.97. The van der Waals surface area contributed by atoms with E-state index in [-0.39, 0.29) is 0 Å². The summed E-state index contributed by atoms with van der Waals surface area (Å²) in [5, 5.41) is 34.7. The zero-order valence-electron chi connectivity index (χ0n) is 7.97. The monoisotopic (exact) mass is 209 g/mol. The molecule has 0 saturated heterocycles. The number of carboxylic acids is 2. The minimum Gasteiger partial charge on any atom is -0.481 e. The molecule has 0 heterocycles. The highest BCUT2D eigenvalue weighted by molar-refractivity contribution is 5.88. The van der Waals surface area contributed by atoms with Crippen LogP contribution < -0.4 is 5.32 Å². The molecule has 14 heavy (non-hydrogen) atoms. The highest BCUT2D eigenvalue weighted by Crippen LogP contribution is 1.75. The van der Waals surface area contributed by atoms with Gasteiger partial charge in [-0.15, -0.1) is 0 Å². The third-order valence-electron chi connectivity index (χ3n) is 0.785. The lowest BCUT2D eigenvalue weighted by Gasteiger charge is -2.08. The average Bonchev–Trinajstić information content (AvgIpc) is 1.79. The maximum absolute atomic E-state index is 9.43. The van der Waals surface area contributed by atoms with Gasteiger partial charge in [0.15, 0.2) is 0 Å². The van der Waals surface area contributed by atoms with Crippen LogP contribution in [0.25, 0.3) is 0 Å². The summed E-state index contributed by atoms with van der Waals surface area (Å²) in [7, 11) is 0. The fraction of sp³-hybridized carbons (Fsp3) is 0.714. The smallest absolute Gasteiger partial charge is 0.314 e. The molecule has 0 saturated carbocycles. The second-order valence-electron chi connectivity index (χ2n) is 2.48. The van der Waals surface area contributed by atoms with Gasteiger partial charge in [-0.3, -0.25) is 14.9 Å². The van der Waals surface area contributed by atoms with E-state index >= 15 is 0 Å². The van der Waals surface area contributed by atoms with Gasteiger partial charge in [0.25, 0.3) is 0 Å². The fourth-order valence-corrected chi connectivity index (χ4v) is 0.478. The molecule has 0 radical (unpaired) electrons. The molecular weight excluding hydrogens is 194 g/mol. The van der Waals surface area contributed by atoms with Crippen molar-refractivity contribution in [1.82, 2.24) is 5.32 Å². The summed E-state index contributed by atoms with van der Waals surface area (Å²) in [6.07, 6.45) is -2.06. The predicted molar refractivity (Wildman–Crippen MR) is 46.4 cm³/mol. The zero-order chi connectivity index (χ0) is 11.7. The lowest BCUT2D eigenvalue weighted by molar-refractivity contribution is -0.147. The summed E-state index contributed by atoms with van der Waals surface area (Å²) in [4.78, 5) is 18.9. The Morgan fingerprint density at radius 2 is 1.36 bits per heavy atom. The van der Waals surface area contributed by atoms with Crippen LogP contribution in [-0.4, -0.2) is 44.8 Å². The Morgan fingerprint density at radius 1 is 1.07 bits per heavy atom. The van der Waals surface area contributed by atoms with E-state index in [0.717, 1.165) is 0 Å². The quantitative estimate of drug-likeness (QED) is 0.290. The van der Waals surface area contributed by atoms with E-state index in [1.807, 2.05) is 0 Å². The molecule has 5 N–H and O–H groups in total. The minimum absolute atomic E-state index is 0.625. The highest BCUT2D eigenvalue weighted by Gasteiger charge is 2.01. The highest BCUT2D eigenvalue weighted by atomic mass is 16.4. The van der Waals surface area contributed by atoms with Crippen LogP contribution in [-0.2, 0) is 9.59 Å². The van der Waals surface area contributed by atoms with Gasteiger partial charge in [-0.1, -0.05) is 0 Å². The molecule has 0 aliphatic heterocycles. The molecule has 0 fully saturated rings. The second-order valence-corrected chi connectivity index (χ2v) is 2.48. The molecule has 0 spiro atoms. The van der Waals surface area contributed by atoms with E-state index in [2.05, 4.69) is 5.32 Å². The Balaban J connectivity index is 0. The molecule has 0 aromatic carbocycles. The Kier molecular flexibility index (Phi) is 9.20. The molecule has 2 atom stereocenters. The van der Waals surface area contributed by atoms with Crippen molar-refractivity contribution in [3.63, 3.8) is 0 Å². The Bertz CT molecular complexity index is 161. The second kappa shape index (κ2) is 8.42. The molecule has 7 heteroatoms. The van der Waals surface area contributed by atoms with Gasteiger partial charge in [0.05, 0.1) is 0 Å². The summed E-state index contributed by atoms with van der Waals surface area (Å²) < 4.78 is 0. The van der Waals surface area contributed by atoms with Gasteiger partial charge in [-0.2, -0.15) is 0 Å². The maximum atomic E-state index is 9.43. The Labute approximate surface area is 81.0 Å². The minimum atomic E-state index is -1.31. The number of hydrogen-bond acceptors (Lipinski definition) is 5. The normalized spacial score (nSPS) is 13.4. The number of aliphatic hydroxyl groups excluding tert-OH is 2. The SMILES string of the molecule is CC(O)NC(C)O.O=C(O)CC(=O)O. The van der Waals surface area contributed by atoms with Crippen LogP contribution in [0, 0.1) is 0 Å². The largest absolute Gasteiger partial charge is 0.481 e. The molecule has 0 amide bonds. The third kappa shape index (κ3) is 22.4. The van der Waals surface area contributed by atoms with Crippen LogP contribution in [0.5, 0.6) is 0 Å². The van der Waals surface area contributed by atoms with E-state index in [4.69, 9.17) is 20.4 Å². The first-order chi connectivity index (χ1) is 6.25. The van der Waals surface area contributed by atoms with Gasteiger partial charge >= 0.3 is 11.9 Å². The van der Waals surface area contributed by atoms with Crippen molar-refractivity contribution in [3.8, 4) is 0 Å². The molecule has 0 bridgehead atoms. The standard InChI is InChI=1S/C4H11NO2.C3H4O4/c1-3(6)5-4(2)7;4-2(5)1-3(6)7/h3-7H,1-2H3;1H2,(H,4,5)(H,6,7). The van der Waals surface area contributed by atoms with Gasteiger partial charge in [0.2, 0.25) is 0 Å². The van der Waals surface area contributed by atoms with Gasteiger partial charge in [0, 0.05) is 0 Å². The molecule has 84 valence electrons. The Hall–Kier alpha value is -1.18.